The third kappa shape index (κ3) is 2.85. The third-order valence-corrected chi connectivity index (χ3v) is 2.48. The Morgan fingerprint density at radius 2 is 2.21 bits per heavy atom. The summed E-state index contributed by atoms with van der Waals surface area (Å²) in [6, 6.07) is 0. The molecule has 0 aromatic carbocycles. The maximum absolute atomic E-state index is 9.03. The molecule has 0 bridgehead atoms. The fourth-order valence-corrected chi connectivity index (χ4v) is 1.56. The van der Waals surface area contributed by atoms with Crippen molar-refractivity contribution in [2.24, 2.45) is 7.05 Å². The zero-order valence-corrected chi connectivity index (χ0v) is 9.60. The number of hydrogen-bond acceptors (Lipinski definition) is 3. The van der Waals surface area contributed by atoms with Gasteiger partial charge in [-0.15, -0.1) is 0 Å². The molecule has 1 aromatic rings. The van der Waals surface area contributed by atoms with E-state index in [4.69, 9.17) is 28.3 Å². The maximum atomic E-state index is 9.03. The highest BCUT2D eigenvalue weighted by Crippen LogP contribution is 2.18. The molecule has 14 heavy (non-hydrogen) atoms. The average Bonchev–Trinajstić information content (AvgIpc) is 2.31. The molecule has 0 aliphatic carbocycles. The Morgan fingerprint density at radius 3 is 2.64 bits per heavy atom. The average molecular weight is 238 g/mol. The van der Waals surface area contributed by atoms with Crippen molar-refractivity contribution in [1.29, 1.82) is 0 Å². The number of rotatable bonds is 4. The van der Waals surface area contributed by atoms with Gasteiger partial charge in [-0.3, -0.25) is 0 Å². The molecule has 0 saturated carbocycles. The van der Waals surface area contributed by atoms with Crippen molar-refractivity contribution in [3.8, 4) is 0 Å². The van der Waals surface area contributed by atoms with Crippen LogP contribution in [-0.4, -0.2) is 27.3 Å². The standard InChI is InChI=1S/C8H13Cl2N3O/c1-5(14)3-11-4-6-7(9)12-8(10)13(6)2/h5,11,14H,3-4H2,1-2H3/t5-/m1/s1. The van der Waals surface area contributed by atoms with E-state index in [2.05, 4.69) is 10.3 Å². The number of nitrogens with one attached hydrogen (secondary N) is 1. The SMILES string of the molecule is C[C@@H](O)CNCc1c(Cl)nc(Cl)n1C. The second kappa shape index (κ2) is 4.98. The predicted molar refractivity (Wildman–Crippen MR) is 56.6 cm³/mol. The number of aliphatic hydroxyl groups is 1. The molecule has 1 aromatic heterocycles. The first-order valence-corrected chi connectivity index (χ1v) is 5.03. The second-order valence-corrected chi connectivity index (χ2v) is 3.85. The Hall–Kier alpha value is -0.290. The molecule has 4 nitrogen and oxygen atoms in total. The van der Waals surface area contributed by atoms with Crippen LogP contribution in [0.15, 0.2) is 0 Å². The predicted octanol–water partition coefficient (Wildman–Crippen LogP) is 1.20. The summed E-state index contributed by atoms with van der Waals surface area (Å²) in [4.78, 5) is 3.90. The molecule has 0 unspecified atom stereocenters. The molecule has 0 aliphatic heterocycles. The fraction of sp³-hybridized carbons (Fsp3) is 0.625. The first kappa shape index (κ1) is 11.8. The van der Waals surface area contributed by atoms with Gasteiger partial charge in [0.05, 0.1) is 11.8 Å². The number of hydrogen-bond donors (Lipinski definition) is 2. The van der Waals surface area contributed by atoms with Crippen molar-refractivity contribution in [1.82, 2.24) is 14.9 Å². The summed E-state index contributed by atoms with van der Waals surface area (Å²) in [5, 5.41) is 12.8. The zero-order valence-electron chi connectivity index (χ0n) is 8.09. The lowest BCUT2D eigenvalue weighted by Gasteiger charge is -2.07. The van der Waals surface area contributed by atoms with Gasteiger partial charge in [-0.05, 0) is 18.5 Å². The van der Waals surface area contributed by atoms with E-state index >= 15 is 0 Å². The van der Waals surface area contributed by atoms with E-state index in [9.17, 15) is 0 Å². The van der Waals surface area contributed by atoms with Crippen LogP contribution < -0.4 is 5.32 Å². The molecule has 0 saturated heterocycles. The molecule has 2 N–H and O–H groups in total. The lowest BCUT2D eigenvalue weighted by Crippen LogP contribution is -2.24. The van der Waals surface area contributed by atoms with Crippen LogP contribution in [0.1, 0.15) is 12.6 Å². The largest absolute Gasteiger partial charge is 0.392 e. The van der Waals surface area contributed by atoms with Crippen LogP contribution in [0.5, 0.6) is 0 Å². The molecule has 0 spiro atoms. The van der Waals surface area contributed by atoms with Crippen LogP contribution in [-0.2, 0) is 13.6 Å². The summed E-state index contributed by atoms with van der Waals surface area (Å²) >= 11 is 11.6. The summed E-state index contributed by atoms with van der Waals surface area (Å²) in [5.41, 5.74) is 0.817. The first-order valence-electron chi connectivity index (χ1n) is 4.27. The molecular formula is C8H13Cl2N3O. The summed E-state index contributed by atoms with van der Waals surface area (Å²) in [6.45, 7) is 2.77. The summed E-state index contributed by atoms with van der Waals surface area (Å²) < 4.78 is 1.71. The van der Waals surface area contributed by atoms with Crippen molar-refractivity contribution in [3.63, 3.8) is 0 Å². The van der Waals surface area contributed by atoms with Crippen LogP contribution in [0.3, 0.4) is 0 Å². The van der Waals surface area contributed by atoms with Crippen molar-refractivity contribution in [2.45, 2.75) is 19.6 Å². The molecule has 0 radical (unpaired) electrons. The summed E-state index contributed by atoms with van der Waals surface area (Å²) in [7, 11) is 1.79. The van der Waals surface area contributed by atoms with E-state index in [0.29, 0.717) is 23.5 Å². The van der Waals surface area contributed by atoms with Crippen LogP contribution in [0.25, 0.3) is 0 Å². The van der Waals surface area contributed by atoms with Gasteiger partial charge >= 0.3 is 0 Å². The molecule has 1 rings (SSSR count). The first-order chi connectivity index (χ1) is 6.52. The lowest BCUT2D eigenvalue weighted by molar-refractivity contribution is 0.190. The van der Waals surface area contributed by atoms with Gasteiger partial charge in [0.25, 0.3) is 0 Å². The molecule has 1 atom stereocenters. The number of imidazole rings is 1. The minimum atomic E-state index is -0.377. The maximum Gasteiger partial charge on any atom is 0.204 e. The molecule has 0 amide bonds. The Kier molecular flexibility index (Phi) is 4.19. The van der Waals surface area contributed by atoms with E-state index < -0.39 is 0 Å². The van der Waals surface area contributed by atoms with Gasteiger partial charge in [0.15, 0.2) is 5.15 Å². The van der Waals surface area contributed by atoms with Crippen molar-refractivity contribution in [3.05, 3.63) is 16.1 Å². The normalized spacial score (nSPS) is 13.2. The number of aromatic nitrogens is 2. The molecule has 0 aliphatic rings. The van der Waals surface area contributed by atoms with E-state index in [1.54, 1.807) is 18.5 Å². The number of halogens is 2. The van der Waals surface area contributed by atoms with E-state index in [-0.39, 0.29) is 6.10 Å². The second-order valence-electron chi connectivity index (χ2n) is 3.16. The Labute approximate surface area is 92.8 Å². The minimum absolute atomic E-state index is 0.365. The van der Waals surface area contributed by atoms with Gasteiger partial charge < -0.3 is 15.0 Å². The highest BCUT2D eigenvalue weighted by Gasteiger charge is 2.10. The van der Waals surface area contributed by atoms with Gasteiger partial charge in [0, 0.05) is 20.1 Å². The fourth-order valence-electron chi connectivity index (χ4n) is 1.06. The molecular weight excluding hydrogens is 225 g/mol. The summed E-state index contributed by atoms with van der Waals surface area (Å²) in [5.74, 6) is 0. The van der Waals surface area contributed by atoms with Crippen molar-refractivity contribution >= 4 is 23.2 Å². The van der Waals surface area contributed by atoms with Gasteiger partial charge in [0.1, 0.15) is 0 Å². The van der Waals surface area contributed by atoms with Crippen LogP contribution in [0.4, 0.5) is 0 Å². The van der Waals surface area contributed by atoms with Gasteiger partial charge in [-0.2, -0.15) is 0 Å². The quantitative estimate of drug-likeness (QED) is 0.828. The van der Waals surface area contributed by atoms with Gasteiger partial charge in [-0.25, -0.2) is 4.98 Å². The van der Waals surface area contributed by atoms with E-state index in [1.807, 2.05) is 0 Å². The Bertz CT molecular complexity index is 312. The zero-order chi connectivity index (χ0) is 10.7. The van der Waals surface area contributed by atoms with Crippen molar-refractivity contribution in [2.75, 3.05) is 6.54 Å². The minimum Gasteiger partial charge on any atom is -0.392 e. The number of aliphatic hydroxyl groups excluding tert-OH is 1. The van der Waals surface area contributed by atoms with E-state index in [1.165, 1.54) is 0 Å². The Morgan fingerprint density at radius 1 is 1.57 bits per heavy atom. The van der Waals surface area contributed by atoms with Crippen LogP contribution in [0.2, 0.25) is 10.4 Å². The van der Waals surface area contributed by atoms with Crippen LogP contribution in [0, 0.1) is 0 Å². The van der Waals surface area contributed by atoms with Gasteiger partial charge in [-0.1, -0.05) is 11.6 Å². The molecule has 0 fully saturated rings. The summed E-state index contributed by atoms with van der Waals surface area (Å²) in [6.07, 6.45) is -0.377. The molecule has 1 heterocycles. The lowest BCUT2D eigenvalue weighted by atomic mass is 10.4. The highest BCUT2D eigenvalue weighted by atomic mass is 35.5. The van der Waals surface area contributed by atoms with E-state index in [0.717, 1.165) is 5.69 Å². The number of nitrogens with zero attached hydrogens (tertiary/aromatic N) is 2. The topological polar surface area (TPSA) is 50.1 Å². The van der Waals surface area contributed by atoms with Crippen LogP contribution >= 0.6 is 23.2 Å². The molecule has 80 valence electrons. The Balaban J connectivity index is 2.58. The molecule has 6 heteroatoms. The smallest absolute Gasteiger partial charge is 0.204 e. The highest BCUT2D eigenvalue weighted by molar-refractivity contribution is 6.32. The monoisotopic (exact) mass is 237 g/mol. The third-order valence-electron chi connectivity index (χ3n) is 1.84. The van der Waals surface area contributed by atoms with Gasteiger partial charge in [0.2, 0.25) is 5.28 Å². The van der Waals surface area contributed by atoms with Crippen molar-refractivity contribution < 1.29 is 5.11 Å².